The molecule has 0 amide bonds. The van der Waals surface area contributed by atoms with Crippen LogP contribution in [-0.4, -0.2) is 34.3 Å². The Morgan fingerprint density at radius 2 is 2.21 bits per heavy atom. The van der Waals surface area contributed by atoms with Gasteiger partial charge in [-0.2, -0.15) is 0 Å². The summed E-state index contributed by atoms with van der Waals surface area (Å²) in [6.07, 6.45) is 3.56. The number of hydrogen-bond donors (Lipinski definition) is 3. The lowest BCUT2D eigenvalue weighted by molar-refractivity contribution is 0.283. The maximum atomic E-state index is 9.25. The van der Waals surface area contributed by atoms with Gasteiger partial charge in [0.05, 0.1) is 6.61 Å². The van der Waals surface area contributed by atoms with Crippen LogP contribution in [0.3, 0.4) is 0 Å². The lowest BCUT2D eigenvalue weighted by Gasteiger charge is -2.38. The Morgan fingerprint density at radius 3 is 2.68 bits per heavy atom. The molecule has 4 N–H and O–H groups in total. The van der Waals surface area contributed by atoms with Gasteiger partial charge in [-0.25, -0.2) is 15.8 Å². The van der Waals surface area contributed by atoms with Gasteiger partial charge in [-0.3, -0.25) is 0 Å². The number of anilines is 2. The van der Waals surface area contributed by atoms with Crippen molar-refractivity contribution in [1.29, 1.82) is 0 Å². The lowest BCUT2D eigenvalue weighted by Crippen LogP contribution is -2.42. The van der Waals surface area contributed by atoms with E-state index in [4.69, 9.17) is 5.84 Å². The minimum atomic E-state index is 0.128. The van der Waals surface area contributed by atoms with Gasteiger partial charge >= 0.3 is 0 Å². The molecule has 0 aliphatic heterocycles. The Labute approximate surface area is 114 Å². The second-order valence-electron chi connectivity index (χ2n) is 5.27. The fraction of sp³-hybridized carbons (Fsp3) is 0.692. The van der Waals surface area contributed by atoms with E-state index < -0.39 is 0 Å². The summed E-state index contributed by atoms with van der Waals surface area (Å²) in [6, 6.07) is 2.33. The van der Waals surface area contributed by atoms with Crippen LogP contribution >= 0.6 is 0 Å². The average molecular weight is 265 g/mol. The Morgan fingerprint density at radius 1 is 1.47 bits per heavy atom. The molecule has 6 heteroatoms. The first kappa shape index (κ1) is 14.0. The number of nitrogens with one attached hydrogen (secondary N) is 1. The van der Waals surface area contributed by atoms with Crippen molar-refractivity contribution in [2.45, 2.75) is 45.1 Å². The number of hydrogen-bond acceptors (Lipinski definition) is 6. The minimum absolute atomic E-state index is 0.128. The first-order valence-electron chi connectivity index (χ1n) is 6.88. The van der Waals surface area contributed by atoms with Crippen molar-refractivity contribution in [2.75, 3.05) is 23.5 Å². The highest BCUT2D eigenvalue weighted by molar-refractivity contribution is 5.50. The average Bonchev–Trinajstić information content (AvgIpc) is 2.35. The van der Waals surface area contributed by atoms with E-state index in [2.05, 4.69) is 34.1 Å². The standard InChI is InChI=1S/C13H23N5O/c1-9(2)13-15-11(17-14)8-12(16-13)18(6-7-19)10-4-3-5-10/h8-10,19H,3-7,14H2,1-2H3,(H,15,16,17). The maximum absolute atomic E-state index is 9.25. The molecule has 1 saturated carbocycles. The summed E-state index contributed by atoms with van der Waals surface area (Å²) in [5.74, 6) is 7.96. The predicted molar refractivity (Wildman–Crippen MR) is 76.0 cm³/mol. The second kappa shape index (κ2) is 6.16. The summed E-state index contributed by atoms with van der Waals surface area (Å²) in [6.45, 7) is 4.84. The van der Waals surface area contributed by atoms with Crippen LogP contribution in [0.25, 0.3) is 0 Å². The quantitative estimate of drug-likeness (QED) is 0.530. The zero-order chi connectivity index (χ0) is 13.8. The van der Waals surface area contributed by atoms with Crippen LogP contribution in [-0.2, 0) is 0 Å². The van der Waals surface area contributed by atoms with Gasteiger partial charge < -0.3 is 15.4 Å². The fourth-order valence-electron chi connectivity index (χ4n) is 2.22. The normalized spacial score (nSPS) is 15.4. The van der Waals surface area contributed by atoms with E-state index >= 15 is 0 Å². The molecule has 106 valence electrons. The fourth-order valence-corrected chi connectivity index (χ4v) is 2.22. The number of nitrogens with two attached hydrogens (primary N) is 1. The third-order valence-corrected chi connectivity index (χ3v) is 3.54. The summed E-state index contributed by atoms with van der Waals surface area (Å²) >= 11 is 0. The number of aliphatic hydroxyl groups is 1. The van der Waals surface area contributed by atoms with Gasteiger partial charge in [-0.15, -0.1) is 0 Å². The molecule has 1 aliphatic carbocycles. The molecule has 0 aromatic carbocycles. The number of nitrogens with zero attached hydrogens (tertiary/aromatic N) is 3. The predicted octanol–water partition coefficient (Wildman–Crippen LogP) is 1.24. The highest BCUT2D eigenvalue weighted by atomic mass is 16.3. The summed E-state index contributed by atoms with van der Waals surface area (Å²) in [5, 5.41) is 9.25. The van der Waals surface area contributed by atoms with Crippen LogP contribution in [0.2, 0.25) is 0 Å². The zero-order valence-corrected chi connectivity index (χ0v) is 11.6. The molecule has 1 aromatic heterocycles. The number of rotatable bonds is 6. The molecule has 6 nitrogen and oxygen atoms in total. The monoisotopic (exact) mass is 265 g/mol. The van der Waals surface area contributed by atoms with E-state index in [0.717, 1.165) is 24.5 Å². The van der Waals surface area contributed by atoms with E-state index in [0.29, 0.717) is 18.4 Å². The molecule has 0 radical (unpaired) electrons. The first-order valence-corrected chi connectivity index (χ1v) is 6.88. The van der Waals surface area contributed by atoms with Gasteiger partial charge in [0.1, 0.15) is 17.5 Å². The van der Waals surface area contributed by atoms with Crippen LogP contribution in [0.4, 0.5) is 11.6 Å². The van der Waals surface area contributed by atoms with E-state index in [1.54, 1.807) is 0 Å². The van der Waals surface area contributed by atoms with Gasteiger partial charge in [0.15, 0.2) is 0 Å². The van der Waals surface area contributed by atoms with Gasteiger partial charge in [0, 0.05) is 24.6 Å². The highest BCUT2D eigenvalue weighted by Gasteiger charge is 2.26. The first-order chi connectivity index (χ1) is 9.15. The number of aromatic nitrogens is 2. The topological polar surface area (TPSA) is 87.3 Å². The van der Waals surface area contributed by atoms with Crippen LogP contribution < -0.4 is 16.2 Å². The smallest absolute Gasteiger partial charge is 0.145 e. The second-order valence-corrected chi connectivity index (χ2v) is 5.27. The molecule has 19 heavy (non-hydrogen) atoms. The van der Waals surface area contributed by atoms with Crippen LogP contribution in [0.1, 0.15) is 44.9 Å². The van der Waals surface area contributed by atoms with Crippen LogP contribution in [0.5, 0.6) is 0 Å². The van der Waals surface area contributed by atoms with Crippen molar-refractivity contribution in [3.8, 4) is 0 Å². The molecule has 0 bridgehead atoms. The molecule has 0 unspecified atom stereocenters. The molecular formula is C13H23N5O. The number of aliphatic hydroxyl groups excluding tert-OH is 1. The Hall–Kier alpha value is -1.40. The van der Waals surface area contributed by atoms with Gasteiger partial charge in [0.25, 0.3) is 0 Å². The minimum Gasteiger partial charge on any atom is -0.395 e. The highest BCUT2D eigenvalue weighted by Crippen LogP contribution is 2.29. The van der Waals surface area contributed by atoms with Crippen molar-refractivity contribution < 1.29 is 5.11 Å². The van der Waals surface area contributed by atoms with Crippen molar-refractivity contribution in [1.82, 2.24) is 9.97 Å². The van der Waals surface area contributed by atoms with E-state index in [1.807, 2.05) is 6.07 Å². The van der Waals surface area contributed by atoms with Gasteiger partial charge in [-0.1, -0.05) is 13.8 Å². The molecule has 1 heterocycles. The van der Waals surface area contributed by atoms with E-state index in [1.165, 1.54) is 6.42 Å². The molecule has 1 fully saturated rings. The molecule has 1 aromatic rings. The van der Waals surface area contributed by atoms with E-state index in [9.17, 15) is 5.11 Å². The number of nitrogen functional groups attached to an aromatic ring is 1. The molecule has 0 saturated heterocycles. The summed E-state index contributed by atoms with van der Waals surface area (Å²) < 4.78 is 0. The largest absolute Gasteiger partial charge is 0.395 e. The third kappa shape index (κ3) is 3.13. The van der Waals surface area contributed by atoms with E-state index in [-0.39, 0.29) is 12.5 Å². The van der Waals surface area contributed by atoms with Crippen molar-refractivity contribution in [2.24, 2.45) is 5.84 Å². The summed E-state index contributed by atoms with van der Waals surface area (Å²) in [5.41, 5.74) is 2.59. The molecule has 0 atom stereocenters. The third-order valence-electron chi connectivity index (χ3n) is 3.54. The van der Waals surface area contributed by atoms with Crippen molar-refractivity contribution in [3.05, 3.63) is 11.9 Å². The Kier molecular flexibility index (Phi) is 4.55. The van der Waals surface area contributed by atoms with Crippen LogP contribution in [0.15, 0.2) is 6.07 Å². The molecule has 2 rings (SSSR count). The molecular weight excluding hydrogens is 242 g/mol. The Balaban J connectivity index is 2.31. The lowest BCUT2D eigenvalue weighted by atomic mass is 9.91. The zero-order valence-electron chi connectivity index (χ0n) is 11.6. The van der Waals surface area contributed by atoms with Crippen LogP contribution in [0, 0.1) is 0 Å². The maximum Gasteiger partial charge on any atom is 0.145 e. The summed E-state index contributed by atoms with van der Waals surface area (Å²) in [4.78, 5) is 11.1. The summed E-state index contributed by atoms with van der Waals surface area (Å²) in [7, 11) is 0. The Bertz CT molecular complexity index is 419. The van der Waals surface area contributed by atoms with Crippen molar-refractivity contribution in [3.63, 3.8) is 0 Å². The SMILES string of the molecule is CC(C)c1nc(NN)cc(N(CCO)C2CCC2)n1. The van der Waals surface area contributed by atoms with Crippen molar-refractivity contribution >= 4 is 11.6 Å². The molecule has 0 spiro atoms. The van der Waals surface area contributed by atoms with Gasteiger partial charge in [0.2, 0.25) is 0 Å². The number of hydrazine groups is 1. The molecule has 1 aliphatic rings. The van der Waals surface area contributed by atoms with Gasteiger partial charge in [-0.05, 0) is 19.3 Å².